The van der Waals surface area contributed by atoms with Gasteiger partial charge in [-0.3, -0.25) is 9.59 Å². The van der Waals surface area contributed by atoms with Crippen molar-refractivity contribution in [2.24, 2.45) is 5.41 Å². The summed E-state index contributed by atoms with van der Waals surface area (Å²) in [4.78, 5) is 25.0. The van der Waals surface area contributed by atoms with Gasteiger partial charge in [0, 0.05) is 13.1 Å². The largest absolute Gasteiger partial charge is 0.480 e. The molecule has 0 spiro atoms. The van der Waals surface area contributed by atoms with Crippen LogP contribution in [-0.2, 0) is 14.3 Å². The molecule has 1 saturated heterocycles. The number of rotatable bonds is 3. The Labute approximate surface area is 101 Å². The smallest absolute Gasteiger partial charge is 0.319 e. The topological polar surface area (TPSA) is 66.8 Å². The molecule has 1 amide bonds. The SMILES string of the molecule is CCC1(C)CN(C(=O)C2(C(=O)O)CC2)CCO1. The molecule has 1 saturated carbocycles. The maximum Gasteiger partial charge on any atom is 0.319 e. The van der Waals surface area contributed by atoms with Crippen LogP contribution < -0.4 is 0 Å². The minimum Gasteiger partial charge on any atom is -0.480 e. The molecule has 1 N–H and O–H groups in total. The van der Waals surface area contributed by atoms with Gasteiger partial charge in [0.05, 0.1) is 12.2 Å². The first kappa shape index (κ1) is 12.4. The van der Waals surface area contributed by atoms with Gasteiger partial charge in [-0.15, -0.1) is 0 Å². The van der Waals surface area contributed by atoms with Crippen LogP contribution in [0.3, 0.4) is 0 Å². The van der Waals surface area contributed by atoms with Crippen LogP contribution in [0.15, 0.2) is 0 Å². The predicted molar refractivity (Wildman–Crippen MR) is 60.5 cm³/mol. The molecule has 0 radical (unpaired) electrons. The summed E-state index contributed by atoms with van der Waals surface area (Å²) in [6.07, 6.45) is 1.76. The number of nitrogens with zero attached hydrogens (tertiary/aromatic N) is 1. The van der Waals surface area contributed by atoms with Gasteiger partial charge in [-0.1, -0.05) is 6.92 Å². The lowest BCUT2D eigenvalue weighted by atomic mass is 9.98. The molecule has 1 atom stereocenters. The average molecular weight is 241 g/mol. The Hall–Kier alpha value is -1.10. The van der Waals surface area contributed by atoms with E-state index in [0.717, 1.165) is 6.42 Å². The maximum atomic E-state index is 12.2. The van der Waals surface area contributed by atoms with Gasteiger partial charge < -0.3 is 14.7 Å². The van der Waals surface area contributed by atoms with Crippen molar-refractivity contribution in [1.29, 1.82) is 0 Å². The lowest BCUT2D eigenvalue weighted by molar-refractivity contribution is -0.162. The van der Waals surface area contributed by atoms with Gasteiger partial charge in [0.1, 0.15) is 5.41 Å². The Morgan fingerprint density at radius 2 is 2.06 bits per heavy atom. The van der Waals surface area contributed by atoms with Gasteiger partial charge in [-0.25, -0.2) is 0 Å². The molecular formula is C12H19NO4. The van der Waals surface area contributed by atoms with E-state index in [2.05, 4.69) is 0 Å². The zero-order chi connectivity index (χ0) is 12.7. The number of amides is 1. The van der Waals surface area contributed by atoms with Crippen molar-refractivity contribution in [3.05, 3.63) is 0 Å². The zero-order valence-electron chi connectivity index (χ0n) is 10.4. The molecule has 5 nitrogen and oxygen atoms in total. The number of ether oxygens (including phenoxy) is 1. The molecule has 1 aliphatic heterocycles. The normalized spacial score (nSPS) is 31.1. The molecule has 0 bridgehead atoms. The number of hydrogen-bond acceptors (Lipinski definition) is 3. The predicted octanol–water partition coefficient (Wildman–Crippen LogP) is 0.879. The molecule has 2 fully saturated rings. The molecule has 0 aromatic heterocycles. The van der Waals surface area contributed by atoms with Gasteiger partial charge >= 0.3 is 5.97 Å². The second kappa shape index (κ2) is 3.98. The van der Waals surface area contributed by atoms with Crippen molar-refractivity contribution in [3.63, 3.8) is 0 Å². The zero-order valence-corrected chi connectivity index (χ0v) is 10.4. The van der Waals surface area contributed by atoms with Crippen molar-refractivity contribution >= 4 is 11.9 Å². The summed E-state index contributed by atoms with van der Waals surface area (Å²) in [5.74, 6) is -1.21. The Morgan fingerprint density at radius 3 is 2.53 bits per heavy atom. The van der Waals surface area contributed by atoms with Crippen LogP contribution in [0.4, 0.5) is 0 Å². The highest BCUT2D eigenvalue weighted by Crippen LogP contribution is 2.48. The molecular weight excluding hydrogens is 222 g/mol. The Kier molecular flexibility index (Phi) is 2.89. The molecule has 1 unspecified atom stereocenters. The highest BCUT2D eigenvalue weighted by atomic mass is 16.5. The van der Waals surface area contributed by atoms with Crippen LogP contribution in [0.25, 0.3) is 0 Å². The standard InChI is InChI=1S/C12H19NO4/c1-3-11(2)8-13(6-7-17-11)9(14)12(4-5-12)10(15)16/h3-8H2,1-2H3,(H,15,16). The van der Waals surface area contributed by atoms with Crippen LogP contribution in [0.1, 0.15) is 33.1 Å². The quantitative estimate of drug-likeness (QED) is 0.745. The minimum absolute atomic E-state index is 0.229. The second-order valence-electron chi connectivity index (χ2n) is 5.27. The highest BCUT2D eigenvalue weighted by molar-refractivity contribution is 6.04. The minimum atomic E-state index is -1.12. The fourth-order valence-electron chi connectivity index (χ4n) is 2.26. The van der Waals surface area contributed by atoms with E-state index in [1.807, 2.05) is 13.8 Å². The van der Waals surface area contributed by atoms with Gasteiger partial charge in [0.25, 0.3) is 0 Å². The molecule has 17 heavy (non-hydrogen) atoms. The second-order valence-corrected chi connectivity index (χ2v) is 5.27. The number of morpholine rings is 1. The first-order valence-electron chi connectivity index (χ1n) is 6.10. The van der Waals surface area contributed by atoms with Gasteiger partial charge in [-0.2, -0.15) is 0 Å². The number of carboxylic acids is 1. The lowest BCUT2D eigenvalue weighted by Gasteiger charge is -2.40. The Bertz CT molecular complexity index is 350. The molecule has 1 aliphatic carbocycles. The first-order valence-corrected chi connectivity index (χ1v) is 6.10. The van der Waals surface area contributed by atoms with E-state index in [-0.39, 0.29) is 11.5 Å². The molecule has 2 aliphatic rings. The van der Waals surface area contributed by atoms with Gasteiger partial charge in [-0.05, 0) is 26.2 Å². The summed E-state index contributed by atoms with van der Waals surface area (Å²) >= 11 is 0. The van der Waals surface area contributed by atoms with Crippen LogP contribution in [0.5, 0.6) is 0 Å². The van der Waals surface area contributed by atoms with E-state index >= 15 is 0 Å². The Morgan fingerprint density at radius 1 is 1.41 bits per heavy atom. The maximum absolute atomic E-state index is 12.2. The summed E-state index contributed by atoms with van der Waals surface area (Å²) in [6.45, 7) is 5.47. The van der Waals surface area contributed by atoms with E-state index in [0.29, 0.717) is 32.5 Å². The Balaban J connectivity index is 2.08. The van der Waals surface area contributed by atoms with Gasteiger partial charge in [0.15, 0.2) is 0 Å². The number of carbonyl (C=O) groups is 2. The molecule has 0 aromatic rings. The van der Waals surface area contributed by atoms with E-state index in [4.69, 9.17) is 9.84 Å². The monoisotopic (exact) mass is 241 g/mol. The summed E-state index contributed by atoms with van der Waals surface area (Å²) in [6, 6.07) is 0. The molecule has 1 heterocycles. The summed E-state index contributed by atoms with van der Waals surface area (Å²) < 4.78 is 5.65. The van der Waals surface area contributed by atoms with Crippen molar-refractivity contribution in [2.45, 2.75) is 38.7 Å². The molecule has 2 rings (SSSR count). The van der Waals surface area contributed by atoms with Crippen LogP contribution in [0.2, 0.25) is 0 Å². The fourth-order valence-corrected chi connectivity index (χ4v) is 2.26. The summed E-state index contributed by atoms with van der Waals surface area (Å²) in [7, 11) is 0. The van der Waals surface area contributed by atoms with Crippen molar-refractivity contribution in [3.8, 4) is 0 Å². The van der Waals surface area contributed by atoms with Crippen LogP contribution in [0, 0.1) is 5.41 Å². The molecule has 96 valence electrons. The van der Waals surface area contributed by atoms with Crippen LogP contribution >= 0.6 is 0 Å². The first-order chi connectivity index (χ1) is 7.93. The summed E-state index contributed by atoms with van der Waals surface area (Å²) in [5, 5.41) is 9.11. The van der Waals surface area contributed by atoms with Crippen LogP contribution in [-0.4, -0.2) is 47.2 Å². The third kappa shape index (κ3) is 2.04. The summed E-state index contributed by atoms with van der Waals surface area (Å²) in [5.41, 5.74) is -1.45. The fraction of sp³-hybridized carbons (Fsp3) is 0.833. The highest BCUT2D eigenvalue weighted by Gasteiger charge is 2.59. The van der Waals surface area contributed by atoms with Crippen molar-refractivity contribution < 1.29 is 19.4 Å². The molecule has 5 heteroatoms. The number of carbonyl (C=O) groups excluding carboxylic acids is 1. The van der Waals surface area contributed by atoms with Crippen molar-refractivity contribution in [2.75, 3.05) is 19.7 Å². The molecule has 0 aromatic carbocycles. The van der Waals surface area contributed by atoms with Gasteiger partial charge in [0.2, 0.25) is 5.91 Å². The number of hydrogen-bond donors (Lipinski definition) is 1. The van der Waals surface area contributed by atoms with E-state index in [1.165, 1.54) is 0 Å². The van der Waals surface area contributed by atoms with E-state index in [9.17, 15) is 9.59 Å². The average Bonchev–Trinajstić information content (AvgIpc) is 3.09. The lowest BCUT2D eigenvalue weighted by Crippen LogP contribution is -2.54. The third-order valence-electron chi connectivity index (χ3n) is 3.94. The number of carboxylic acid groups (broad SMARTS) is 1. The number of aliphatic carboxylic acids is 1. The third-order valence-corrected chi connectivity index (χ3v) is 3.94. The van der Waals surface area contributed by atoms with Crippen molar-refractivity contribution in [1.82, 2.24) is 4.90 Å². The van der Waals surface area contributed by atoms with E-state index in [1.54, 1.807) is 4.90 Å². The van der Waals surface area contributed by atoms with E-state index < -0.39 is 11.4 Å².